The molecule has 0 saturated heterocycles. The summed E-state index contributed by atoms with van der Waals surface area (Å²) in [5, 5.41) is 0. The third-order valence-electron chi connectivity index (χ3n) is 0.957. The van der Waals surface area contributed by atoms with Crippen LogP contribution in [0.3, 0.4) is 0 Å². The molecule has 0 aromatic carbocycles. The van der Waals surface area contributed by atoms with Crippen molar-refractivity contribution in [1.29, 1.82) is 0 Å². The van der Waals surface area contributed by atoms with Gasteiger partial charge in [0.2, 0.25) is 0 Å². The topological polar surface area (TPSA) is 0 Å². The fourth-order valence-electron chi connectivity index (χ4n) is 0.500. The standard InChI is InChI=1S/C6H14.Zr/c1-3-5-6-4-2;/h3-6H2,1-2H3;/q;+2. The van der Waals surface area contributed by atoms with E-state index >= 15 is 0 Å². The van der Waals surface area contributed by atoms with Crippen LogP contribution in [0.1, 0.15) is 39.5 Å². The first kappa shape index (κ1) is 10.8. The summed E-state index contributed by atoms with van der Waals surface area (Å²) in [5.41, 5.74) is 0. The molecule has 0 nitrogen and oxygen atoms in total. The van der Waals surface area contributed by atoms with Gasteiger partial charge in [0.25, 0.3) is 0 Å². The van der Waals surface area contributed by atoms with Crippen molar-refractivity contribution in [2.24, 2.45) is 0 Å². The molecule has 0 aliphatic carbocycles. The molecule has 0 rings (SSSR count). The molecule has 0 bridgehead atoms. The fourth-order valence-corrected chi connectivity index (χ4v) is 0.500. The molecule has 0 amide bonds. The Hall–Kier alpha value is 0.883. The molecule has 0 fully saturated rings. The second-order valence-electron chi connectivity index (χ2n) is 1.71. The molecule has 0 heterocycles. The van der Waals surface area contributed by atoms with Crippen molar-refractivity contribution >= 4 is 0 Å². The summed E-state index contributed by atoms with van der Waals surface area (Å²) in [5.74, 6) is 0. The summed E-state index contributed by atoms with van der Waals surface area (Å²) in [6.45, 7) is 4.46. The Kier molecular flexibility index (Phi) is 15.4. The zero-order chi connectivity index (χ0) is 4.83. The Morgan fingerprint density at radius 1 is 0.857 bits per heavy atom. The van der Waals surface area contributed by atoms with Crippen LogP contribution < -0.4 is 0 Å². The minimum atomic E-state index is 0. The predicted octanol–water partition coefficient (Wildman–Crippen LogP) is 2.58. The normalized spacial score (nSPS) is 7.71. The zero-order valence-electron chi connectivity index (χ0n) is 5.33. The van der Waals surface area contributed by atoms with E-state index in [0.29, 0.717) is 0 Å². The average molecular weight is 177 g/mol. The van der Waals surface area contributed by atoms with Gasteiger partial charge in [-0.2, -0.15) is 0 Å². The largest absolute Gasteiger partial charge is 2.00 e. The van der Waals surface area contributed by atoms with Crippen LogP contribution in [-0.4, -0.2) is 0 Å². The van der Waals surface area contributed by atoms with Crippen molar-refractivity contribution in [3.05, 3.63) is 0 Å². The van der Waals surface area contributed by atoms with E-state index in [1.54, 1.807) is 0 Å². The summed E-state index contributed by atoms with van der Waals surface area (Å²) in [6.07, 6.45) is 5.54. The minimum absolute atomic E-state index is 0. The van der Waals surface area contributed by atoms with E-state index in [2.05, 4.69) is 13.8 Å². The Morgan fingerprint density at radius 3 is 1.29 bits per heavy atom. The van der Waals surface area contributed by atoms with Crippen LogP contribution in [0.2, 0.25) is 0 Å². The molecule has 0 aliphatic heterocycles. The third kappa shape index (κ3) is 10.9. The molecular formula is C6H14Zr+2. The van der Waals surface area contributed by atoms with Crippen molar-refractivity contribution in [1.82, 2.24) is 0 Å². The smallest absolute Gasteiger partial charge is 0.0654 e. The molecule has 0 unspecified atom stereocenters. The van der Waals surface area contributed by atoms with Gasteiger partial charge >= 0.3 is 26.2 Å². The van der Waals surface area contributed by atoms with Crippen LogP contribution in [0.4, 0.5) is 0 Å². The molecule has 40 valence electrons. The molecule has 0 radical (unpaired) electrons. The maximum atomic E-state index is 2.23. The van der Waals surface area contributed by atoms with Gasteiger partial charge < -0.3 is 0 Å². The first-order chi connectivity index (χ1) is 2.91. The third-order valence-corrected chi connectivity index (χ3v) is 0.957. The number of hydrogen-bond donors (Lipinski definition) is 0. The van der Waals surface area contributed by atoms with Gasteiger partial charge in [0.15, 0.2) is 0 Å². The molecule has 1 heteroatoms. The van der Waals surface area contributed by atoms with Gasteiger partial charge in [0, 0.05) is 0 Å². The Morgan fingerprint density at radius 2 is 1.14 bits per heavy atom. The van der Waals surface area contributed by atoms with E-state index < -0.39 is 0 Å². The van der Waals surface area contributed by atoms with Crippen molar-refractivity contribution in [3.63, 3.8) is 0 Å². The van der Waals surface area contributed by atoms with E-state index in [1.807, 2.05) is 0 Å². The van der Waals surface area contributed by atoms with Crippen LogP contribution in [0, 0.1) is 0 Å². The number of rotatable bonds is 3. The van der Waals surface area contributed by atoms with Crippen LogP contribution in [0.5, 0.6) is 0 Å². The van der Waals surface area contributed by atoms with E-state index in [0.717, 1.165) is 0 Å². The van der Waals surface area contributed by atoms with Crippen LogP contribution in [0.25, 0.3) is 0 Å². The van der Waals surface area contributed by atoms with Gasteiger partial charge in [-0.15, -0.1) is 0 Å². The molecule has 0 saturated carbocycles. The van der Waals surface area contributed by atoms with E-state index in [-0.39, 0.29) is 26.2 Å². The van der Waals surface area contributed by atoms with Gasteiger partial charge in [0.05, 0.1) is 0 Å². The zero-order valence-corrected chi connectivity index (χ0v) is 7.79. The monoisotopic (exact) mass is 176 g/mol. The van der Waals surface area contributed by atoms with Crippen LogP contribution >= 0.6 is 0 Å². The quantitative estimate of drug-likeness (QED) is 0.581. The Balaban J connectivity index is 0. The molecule has 0 aromatic rings. The molecule has 0 aromatic heterocycles. The van der Waals surface area contributed by atoms with Crippen LogP contribution in [-0.2, 0) is 26.2 Å². The SMILES string of the molecule is CCCCCC.[Zr+2]. The molecule has 0 N–H and O–H groups in total. The van der Waals surface area contributed by atoms with Gasteiger partial charge in [-0.3, -0.25) is 0 Å². The van der Waals surface area contributed by atoms with Gasteiger partial charge in [-0.05, 0) is 0 Å². The van der Waals surface area contributed by atoms with Crippen molar-refractivity contribution in [2.75, 3.05) is 0 Å². The molecule has 7 heavy (non-hydrogen) atoms. The van der Waals surface area contributed by atoms with Gasteiger partial charge in [-0.25, -0.2) is 0 Å². The summed E-state index contributed by atoms with van der Waals surface area (Å²) >= 11 is 0. The van der Waals surface area contributed by atoms with Gasteiger partial charge in [-0.1, -0.05) is 39.5 Å². The Bertz CT molecular complexity index is 16.1. The Labute approximate surface area is 65.8 Å². The maximum absolute atomic E-state index is 2.23. The molecular weight excluding hydrogens is 163 g/mol. The van der Waals surface area contributed by atoms with Crippen molar-refractivity contribution in [3.8, 4) is 0 Å². The average Bonchev–Trinajstić information content (AvgIpc) is 1.61. The van der Waals surface area contributed by atoms with E-state index in [4.69, 9.17) is 0 Å². The number of unbranched alkanes of at least 4 members (excludes halogenated alkanes) is 3. The summed E-state index contributed by atoms with van der Waals surface area (Å²) in [7, 11) is 0. The maximum Gasteiger partial charge on any atom is 2.00 e. The van der Waals surface area contributed by atoms with E-state index in [9.17, 15) is 0 Å². The molecule has 0 spiro atoms. The predicted molar refractivity (Wildman–Crippen MR) is 29.8 cm³/mol. The first-order valence-electron chi connectivity index (χ1n) is 2.91. The minimum Gasteiger partial charge on any atom is -0.0654 e. The van der Waals surface area contributed by atoms with Crippen molar-refractivity contribution in [2.45, 2.75) is 39.5 Å². The summed E-state index contributed by atoms with van der Waals surface area (Å²) < 4.78 is 0. The second-order valence-corrected chi connectivity index (χ2v) is 1.71. The number of hydrogen-bond acceptors (Lipinski definition) is 0. The first-order valence-corrected chi connectivity index (χ1v) is 2.91. The molecule has 0 atom stereocenters. The van der Waals surface area contributed by atoms with Gasteiger partial charge in [0.1, 0.15) is 0 Å². The van der Waals surface area contributed by atoms with Crippen LogP contribution in [0.15, 0.2) is 0 Å². The summed E-state index contributed by atoms with van der Waals surface area (Å²) in [4.78, 5) is 0. The fraction of sp³-hybridized carbons (Fsp3) is 1.00. The van der Waals surface area contributed by atoms with E-state index in [1.165, 1.54) is 25.7 Å². The molecule has 0 aliphatic rings. The second kappa shape index (κ2) is 9.99. The summed E-state index contributed by atoms with van der Waals surface area (Å²) in [6, 6.07) is 0. The van der Waals surface area contributed by atoms with Crippen molar-refractivity contribution < 1.29 is 26.2 Å².